The predicted octanol–water partition coefficient (Wildman–Crippen LogP) is 7.45. The number of fused-ring (bicyclic) bond motifs is 1. The zero-order valence-electron chi connectivity index (χ0n) is 23.2. The van der Waals surface area contributed by atoms with Gasteiger partial charge in [-0.05, 0) is 98.5 Å². The Hall–Kier alpha value is -2.84. The fourth-order valence-corrected chi connectivity index (χ4v) is 7.28. The van der Waals surface area contributed by atoms with E-state index in [1.165, 1.54) is 17.7 Å². The van der Waals surface area contributed by atoms with Gasteiger partial charge in [-0.2, -0.15) is 13.2 Å². The molecule has 5 rings (SSSR count). The monoisotopic (exact) mass is 571 g/mol. The van der Waals surface area contributed by atoms with Gasteiger partial charge in [-0.1, -0.05) is 42.5 Å². The summed E-state index contributed by atoms with van der Waals surface area (Å²) in [5.74, 6) is 0.472. The van der Waals surface area contributed by atoms with Crippen LogP contribution in [0.1, 0.15) is 62.3 Å². The zero-order valence-corrected chi connectivity index (χ0v) is 24.0. The number of ether oxygens (including phenoxy) is 1. The van der Waals surface area contributed by atoms with Crippen LogP contribution in [0.15, 0.2) is 66.7 Å². The first-order chi connectivity index (χ1) is 18.7. The van der Waals surface area contributed by atoms with Gasteiger partial charge in [-0.3, -0.25) is 4.90 Å². The second-order valence-corrected chi connectivity index (χ2v) is 14.3. The Balaban J connectivity index is 1.22. The van der Waals surface area contributed by atoms with E-state index < -0.39 is 21.6 Å². The third-order valence-corrected chi connectivity index (χ3v) is 9.75. The molecule has 0 aliphatic carbocycles. The maximum absolute atomic E-state index is 12.8. The minimum Gasteiger partial charge on any atom is -0.487 e. The minimum absolute atomic E-state index is 0.0796. The molecule has 4 nitrogen and oxygen atoms in total. The molecule has 0 bridgehead atoms. The van der Waals surface area contributed by atoms with Crippen molar-refractivity contribution in [3.05, 3.63) is 89.0 Å². The molecule has 0 aromatic heterocycles. The van der Waals surface area contributed by atoms with E-state index in [0.717, 1.165) is 67.8 Å². The second-order valence-electron chi connectivity index (χ2n) is 12.2. The highest BCUT2D eigenvalue weighted by Gasteiger charge is 2.41. The van der Waals surface area contributed by atoms with Crippen molar-refractivity contribution >= 4 is 9.84 Å². The molecule has 0 saturated carbocycles. The third-order valence-electron chi connectivity index (χ3n) is 8.20. The van der Waals surface area contributed by atoms with Crippen LogP contribution in [0, 0.1) is 0 Å². The quantitative estimate of drug-likeness (QED) is 0.319. The van der Waals surface area contributed by atoms with Crippen molar-refractivity contribution in [2.75, 3.05) is 13.1 Å². The maximum atomic E-state index is 12.8. The van der Waals surface area contributed by atoms with E-state index in [1.807, 2.05) is 12.1 Å². The SMILES string of the molecule is CC(C)(C)N1CCC2(CCc3cc(-c4ccc(CS(=O)(=O)Cc5ccc(C(F)(F)F)cc5)cc4)ccc3O2)CC1. The molecule has 2 aliphatic rings. The fraction of sp³-hybridized carbons (Fsp3) is 0.438. The van der Waals surface area contributed by atoms with Crippen LogP contribution in [-0.4, -0.2) is 37.5 Å². The van der Waals surface area contributed by atoms with E-state index in [1.54, 1.807) is 12.1 Å². The standard InChI is InChI=1S/C32H36F3NO3S/c1-30(2,3)36-18-16-31(17-19-36)15-14-27-20-26(10-13-29(27)39-31)25-8-4-23(5-9-25)21-40(37,38)22-24-6-11-28(12-7-24)32(33,34)35/h4-13,20H,14-19,21-22H2,1-3H3. The summed E-state index contributed by atoms with van der Waals surface area (Å²) in [5.41, 5.74) is 3.52. The van der Waals surface area contributed by atoms with Crippen LogP contribution in [0.5, 0.6) is 5.75 Å². The summed E-state index contributed by atoms with van der Waals surface area (Å²) in [5, 5.41) is 0. The molecule has 3 aromatic rings. The summed E-state index contributed by atoms with van der Waals surface area (Å²) >= 11 is 0. The summed E-state index contributed by atoms with van der Waals surface area (Å²) in [7, 11) is -3.55. The van der Waals surface area contributed by atoms with Crippen molar-refractivity contribution in [2.45, 2.75) is 75.3 Å². The number of benzene rings is 3. The van der Waals surface area contributed by atoms with E-state index >= 15 is 0 Å². The van der Waals surface area contributed by atoms with Crippen molar-refractivity contribution in [3.8, 4) is 16.9 Å². The van der Waals surface area contributed by atoms with Crippen LogP contribution in [-0.2, 0) is 33.9 Å². The van der Waals surface area contributed by atoms with Gasteiger partial charge in [0.25, 0.3) is 0 Å². The number of piperidine rings is 1. The van der Waals surface area contributed by atoms with Gasteiger partial charge in [-0.15, -0.1) is 0 Å². The van der Waals surface area contributed by atoms with E-state index in [0.29, 0.717) is 11.1 Å². The molecule has 0 atom stereocenters. The van der Waals surface area contributed by atoms with Crippen molar-refractivity contribution in [2.24, 2.45) is 0 Å². The summed E-state index contributed by atoms with van der Waals surface area (Å²) in [4.78, 5) is 2.53. The molecule has 0 unspecified atom stereocenters. The van der Waals surface area contributed by atoms with Gasteiger partial charge < -0.3 is 4.74 Å². The summed E-state index contributed by atoms with van der Waals surface area (Å²) in [6.07, 6.45) is -0.393. The molecule has 2 aliphatic heterocycles. The van der Waals surface area contributed by atoms with Crippen LogP contribution >= 0.6 is 0 Å². The molecule has 2 heterocycles. The third kappa shape index (κ3) is 6.55. The topological polar surface area (TPSA) is 46.6 Å². The average Bonchev–Trinajstić information content (AvgIpc) is 2.88. The minimum atomic E-state index is -4.45. The van der Waals surface area contributed by atoms with Gasteiger partial charge in [0.15, 0.2) is 9.84 Å². The lowest BCUT2D eigenvalue weighted by Gasteiger charge is -2.48. The normalized spacial score (nSPS) is 17.9. The van der Waals surface area contributed by atoms with Crippen LogP contribution < -0.4 is 4.74 Å². The first-order valence-corrected chi connectivity index (χ1v) is 15.6. The van der Waals surface area contributed by atoms with Gasteiger partial charge in [0.1, 0.15) is 11.4 Å². The Morgan fingerprint density at radius 1 is 0.800 bits per heavy atom. The first-order valence-electron chi connectivity index (χ1n) is 13.7. The van der Waals surface area contributed by atoms with Gasteiger partial charge in [0.05, 0.1) is 17.1 Å². The van der Waals surface area contributed by atoms with Crippen LogP contribution in [0.25, 0.3) is 11.1 Å². The molecule has 1 fully saturated rings. The highest BCUT2D eigenvalue weighted by atomic mass is 32.2. The lowest BCUT2D eigenvalue weighted by Crippen LogP contribution is -2.54. The lowest BCUT2D eigenvalue weighted by molar-refractivity contribution is -0.137. The number of likely N-dealkylation sites (tertiary alicyclic amines) is 1. The Morgan fingerprint density at radius 2 is 1.35 bits per heavy atom. The Kier molecular flexibility index (Phi) is 7.55. The molecule has 214 valence electrons. The lowest BCUT2D eigenvalue weighted by atomic mass is 9.81. The van der Waals surface area contributed by atoms with Gasteiger partial charge in [0.2, 0.25) is 0 Å². The summed E-state index contributed by atoms with van der Waals surface area (Å²) in [6.45, 7) is 8.88. The number of hydrogen-bond donors (Lipinski definition) is 0. The number of hydrogen-bond acceptors (Lipinski definition) is 4. The van der Waals surface area contributed by atoms with Crippen LogP contribution in [0.2, 0.25) is 0 Å². The molecule has 1 spiro atoms. The van der Waals surface area contributed by atoms with Crippen molar-refractivity contribution in [3.63, 3.8) is 0 Å². The highest BCUT2D eigenvalue weighted by molar-refractivity contribution is 7.89. The zero-order chi connectivity index (χ0) is 28.8. The summed E-state index contributed by atoms with van der Waals surface area (Å²) in [6, 6.07) is 18.0. The fourth-order valence-electron chi connectivity index (χ4n) is 5.78. The van der Waals surface area contributed by atoms with Crippen molar-refractivity contribution in [1.82, 2.24) is 4.90 Å². The van der Waals surface area contributed by atoms with Gasteiger partial charge in [0, 0.05) is 18.6 Å². The van der Waals surface area contributed by atoms with E-state index in [-0.39, 0.29) is 22.6 Å². The Bertz CT molecular complexity index is 1450. The number of rotatable bonds is 5. The maximum Gasteiger partial charge on any atom is 0.416 e. The van der Waals surface area contributed by atoms with E-state index in [9.17, 15) is 21.6 Å². The molecular formula is C32H36F3NO3S. The average molecular weight is 572 g/mol. The molecule has 3 aromatic carbocycles. The largest absolute Gasteiger partial charge is 0.487 e. The predicted molar refractivity (Wildman–Crippen MR) is 152 cm³/mol. The van der Waals surface area contributed by atoms with Crippen molar-refractivity contribution in [1.29, 1.82) is 0 Å². The van der Waals surface area contributed by atoms with E-state index in [2.05, 4.69) is 43.9 Å². The highest BCUT2D eigenvalue weighted by Crippen LogP contribution is 2.41. The van der Waals surface area contributed by atoms with E-state index in [4.69, 9.17) is 4.74 Å². The van der Waals surface area contributed by atoms with Crippen LogP contribution in [0.4, 0.5) is 13.2 Å². The Labute approximate surface area is 235 Å². The molecule has 0 radical (unpaired) electrons. The number of halogens is 3. The van der Waals surface area contributed by atoms with Gasteiger partial charge in [-0.25, -0.2) is 8.42 Å². The molecule has 8 heteroatoms. The summed E-state index contributed by atoms with van der Waals surface area (Å²) < 4.78 is 70.4. The molecule has 1 saturated heterocycles. The number of sulfone groups is 1. The molecular weight excluding hydrogens is 535 g/mol. The molecule has 40 heavy (non-hydrogen) atoms. The Morgan fingerprint density at radius 3 is 1.90 bits per heavy atom. The van der Waals surface area contributed by atoms with Crippen molar-refractivity contribution < 1.29 is 26.3 Å². The molecule has 0 N–H and O–H groups in total. The molecule has 0 amide bonds. The smallest absolute Gasteiger partial charge is 0.416 e. The van der Waals surface area contributed by atoms with Gasteiger partial charge >= 0.3 is 6.18 Å². The van der Waals surface area contributed by atoms with Crippen LogP contribution in [0.3, 0.4) is 0 Å². The number of alkyl halides is 3. The number of nitrogens with zero attached hydrogens (tertiary/aromatic N) is 1. The first kappa shape index (κ1) is 28.7. The number of aryl methyl sites for hydroxylation is 1. The second kappa shape index (κ2) is 10.5.